The van der Waals surface area contributed by atoms with Crippen LogP contribution in [0.4, 0.5) is 19.0 Å². The van der Waals surface area contributed by atoms with E-state index >= 15 is 0 Å². The number of nitrogens with zero attached hydrogens (tertiary/aromatic N) is 2. The lowest BCUT2D eigenvalue weighted by Crippen LogP contribution is -2.27. The molecule has 0 saturated carbocycles. The number of furan rings is 1. The van der Waals surface area contributed by atoms with Crippen LogP contribution in [-0.2, 0) is 22.1 Å². The maximum Gasteiger partial charge on any atom is 0.449 e. The number of alkyl halides is 3. The van der Waals surface area contributed by atoms with Crippen LogP contribution < -0.4 is 5.32 Å². The quantitative estimate of drug-likeness (QED) is 0.304. The Labute approximate surface area is 197 Å². The summed E-state index contributed by atoms with van der Waals surface area (Å²) in [6.45, 7) is 5.03. The number of aromatic nitrogens is 2. The molecule has 0 bridgehead atoms. The Morgan fingerprint density at radius 1 is 1.15 bits per heavy atom. The SMILES string of the molecule is CC(C)(C)OC(=O)/C(=C/c1ccc(C(F)(F)F)o1)Nc1ncc(Br)nc1Cc1ccccc1. The number of ether oxygens (including phenoxy) is 1. The molecule has 33 heavy (non-hydrogen) atoms. The molecule has 1 aromatic carbocycles. The topological polar surface area (TPSA) is 77.2 Å². The summed E-state index contributed by atoms with van der Waals surface area (Å²) >= 11 is 3.29. The van der Waals surface area contributed by atoms with Gasteiger partial charge in [-0.15, -0.1) is 0 Å². The molecule has 10 heteroatoms. The molecule has 3 rings (SSSR count). The fourth-order valence-corrected chi connectivity index (χ4v) is 3.07. The Bertz CT molecular complexity index is 1150. The maximum absolute atomic E-state index is 12.9. The zero-order valence-corrected chi connectivity index (χ0v) is 19.6. The molecule has 0 saturated heterocycles. The number of carbonyl (C=O) groups is 1. The average Bonchev–Trinajstić information content (AvgIpc) is 3.18. The molecular weight excluding hydrogens is 503 g/mol. The van der Waals surface area contributed by atoms with Crippen molar-refractivity contribution in [3.8, 4) is 0 Å². The summed E-state index contributed by atoms with van der Waals surface area (Å²) in [5, 5.41) is 2.86. The van der Waals surface area contributed by atoms with Gasteiger partial charge in [-0.2, -0.15) is 13.2 Å². The number of rotatable bonds is 6. The van der Waals surface area contributed by atoms with Crippen molar-refractivity contribution in [3.05, 3.63) is 81.7 Å². The van der Waals surface area contributed by atoms with Gasteiger partial charge in [-0.05, 0) is 54.4 Å². The number of hydrogen-bond acceptors (Lipinski definition) is 6. The Morgan fingerprint density at radius 2 is 1.85 bits per heavy atom. The second-order valence-corrected chi connectivity index (χ2v) is 8.85. The molecule has 1 N–H and O–H groups in total. The Hall–Kier alpha value is -3.14. The Kier molecular flexibility index (Phi) is 7.26. The first kappa shape index (κ1) is 24.5. The molecule has 174 valence electrons. The van der Waals surface area contributed by atoms with Crippen molar-refractivity contribution in [2.24, 2.45) is 0 Å². The van der Waals surface area contributed by atoms with Crippen molar-refractivity contribution >= 4 is 33.8 Å². The van der Waals surface area contributed by atoms with Gasteiger partial charge in [-0.25, -0.2) is 14.8 Å². The van der Waals surface area contributed by atoms with Gasteiger partial charge in [0.1, 0.15) is 21.7 Å². The molecule has 2 aromatic heterocycles. The first-order valence-corrected chi connectivity index (χ1v) is 10.6. The van der Waals surface area contributed by atoms with Gasteiger partial charge in [0.15, 0.2) is 5.82 Å². The minimum absolute atomic E-state index is 0.154. The third-order valence-corrected chi connectivity index (χ3v) is 4.48. The fraction of sp³-hybridized carbons (Fsp3) is 0.261. The zero-order chi connectivity index (χ0) is 24.2. The molecule has 0 atom stereocenters. The molecular formula is C23H21BrF3N3O3. The molecule has 0 spiro atoms. The number of anilines is 1. The Morgan fingerprint density at radius 3 is 2.45 bits per heavy atom. The molecule has 3 aromatic rings. The number of benzene rings is 1. The number of esters is 1. The van der Waals surface area contributed by atoms with E-state index in [1.807, 2.05) is 30.3 Å². The third kappa shape index (κ3) is 7.18. The van der Waals surface area contributed by atoms with E-state index in [1.54, 1.807) is 20.8 Å². The van der Waals surface area contributed by atoms with E-state index < -0.39 is 23.5 Å². The van der Waals surface area contributed by atoms with E-state index in [2.05, 4.69) is 31.2 Å². The summed E-state index contributed by atoms with van der Waals surface area (Å²) in [4.78, 5) is 21.6. The van der Waals surface area contributed by atoms with Gasteiger partial charge in [0.25, 0.3) is 0 Å². The molecule has 0 unspecified atom stereocenters. The van der Waals surface area contributed by atoms with Gasteiger partial charge >= 0.3 is 12.1 Å². The molecule has 0 amide bonds. The number of hydrogen-bond donors (Lipinski definition) is 1. The van der Waals surface area contributed by atoms with Crippen molar-refractivity contribution in [2.75, 3.05) is 5.32 Å². The van der Waals surface area contributed by atoms with Crippen molar-refractivity contribution in [1.29, 1.82) is 0 Å². The monoisotopic (exact) mass is 523 g/mol. The summed E-state index contributed by atoms with van der Waals surface area (Å²) in [7, 11) is 0. The van der Waals surface area contributed by atoms with Gasteiger partial charge in [-0.1, -0.05) is 30.3 Å². The van der Waals surface area contributed by atoms with Gasteiger partial charge in [0.05, 0.1) is 11.9 Å². The van der Waals surface area contributed by atoms with Crippen LogP contribution in [0.1, 0.15) is 43.5 Å². The summed E-state index contributed by atoms with van der Waals surface area (Å²) in [6, 6.07) is 11.4. The first-order valence-electron chi connectivity index (χ1n) is 9.85. The Balaban J connectivity index is 1.98. The number of halogens is 4. The van der Waals surface area contributed by atoms with Crippen molar-refractivity contribution in [2.45, 2.75) is 39.0 Å². The predicted molar refractivity (Wildman–Crippen MR) is 120 cm³/mol. The molecule has 6 nitrogen and oxygen atoms in total. The van der Waals surface area contributed by atoms with Crippen LogP contribution in [0.5, 0.6) is 0 Å². The van der Waals surface area contributed by atoms with E-state index in [0.29, 0.717) is 16.7 Å². The van der Waals surface area contributed by atoms with Crippen LogP contribution in [0.2, 0.25) is 0 Å². The van der Waals surface area contributed by atoms with Crippen molar-refractivity contribution in [1.82, 2.24) is 9.97 Å². The van der Waals surface area contributed by atoms with Crippen LogP contribution in [-0.4, -0.2) is 21.5 Å². The van der Waals surface area contributed by atoms with E-state index in [1.165, 1.54) is 6.20 Å². The molecule has 2 heterocycles. The standard InChI is InChI=1S/C23H21BrF3N3O3/c1-22(2,3)33-21(31)17(12-15-9-10-18(32-15)23(25,26)27)30-20-16(29-19(24)13-28-20)11-14-7-5-4-6-8-14/h4-10,12-13H,11H2,1-3H3,(H,28,30)/b17-12-. The summed E-state index contributed by atoms with van der Waals surface area (Å²) in [5.41, 5.74) is 0.479. The first-order chi connectivity index (χ1) is 15.4. The van der Waals surface area contributed by atoms with Crippen LogP contribution in [0, 0.1) is 0 Å². The molecule has 0 aliphatic heterocycles. The largest absolute Gasteiger partial charge is 0.455 e. The van der Waals surface area contributed by atoms with Crippen LogP contribution in [0.25, 0.3) is 6.08 Å². The summed E-state index contributed by atoms with van der Waals surface area (Å²) < 4.78 is 49.5. The highest BCUT2D eigenvalue weighted by Crippen LogP contribution is 2.31. The number of carbonyl (C=O) groups excluding carboxylic acids is 1. The molecule has 0 fully saturated rings. The van der Waals surface area contributed by atoms with Crippen LogP contribution in [0.15, 0.2) is 63.4 Å². The van der Waals surface area contributed by atoms with E-state index in [9.17, 15) is 18.0 Å². The predicted octanol–water partition coefficient (Wildman–Crippen LogP) is 6.24. The highest BCUT2D eigenvalue weighted by molar-refractivity contribution is 9.10. The smallest absolute Gasteiger partial charge is 0.449 e. The maximum atomic E-state index is 12.9. The zero-order valence-electron chi connectivity index (χ0n) is 18.0. The van der Waals surface area contributed by atoms with Gasteiger partial charge in [0.2, 0.25) is 5.76 Å². The summed E-state index contributed by atoms with van der Waals surface area (Å²) in [5.74, 6) is -1.89. The highest BCUT2D eigenvalue weighted by atomic mass is 79.9. The molecule has 0 aliphatic rings. The lowest BCUT2D eigenvalue weighted by molar-refractivity contribution is -0.153. The van der Waals surface area contributed by atoms with E-state index in [4.69, 9.17) is 9.15 Å². The normalized spacial score (nSPS) is 12.5. The van der Waals surface area contributed by atoms with E-state index in [0.717, 1.165) is 23.8 Å². The van der Waals surface area contributed by atoms with Gasteiger partial charge in [0, 0.05) is 12.5 Å². The summed E-state index contributed by atoms with van der Waals surface area (Å²) in [6.07, 6.45) is -1.67. The average molecular weight is 524 g/mol. The van der Waals surface area contributed by atoms with Gasteiger partial charge < -0.3 is 14.5 Å². The van der Waals surface area contributed by atoms with Crippen molar-refractivity contribution in [3.63, 3.8) is 0 Å². The second kappa shape index (κ2) is 9.78. The van der Waals surface area contributed by atoms with Crippen LogP contribution >= 0.6 is 15.9 Å². The number of nitrogens with one attached hydrogen (secondary N) is 1. The third-order valence-electron chi connectivity index (χ3n) is 4.09. The van der Waals surface area contributed by atoms with Crippen LogP contribution in [0.3, 0.4) is 0 Å². The lowest BCUT2D eigenvalue weighted by Gasteiger charge is -2.21. The molecule has 0 radical (unpaired) electrons. The van der Waals surface area contributed by atoms with E-state index in [-0.39, 0.29) is 17.3 Å². The minimum Gasteiger partial charge on any atom is -0.455 e. The fourth-order valence-electron chi connectivity index (χ4n) is 2.75. The molecule has 0 aliphatic carbocycles. The van der Waals surface area contributed by atoms with Gasteiger partial charge in [-0.3, -0.25) is 0 Å². The highest BCUT2D eigenvalue weighted by Gasteiger charge is 2.34. The van der Waals surface area contributed by atoms with Crippen molar-refractivity contribution < 1.29 is 27.1 Å². The minimum atomic E-state index is -4.65. The second-order valence-electron chi connectivity index (χ2n) is 8.04. The lowest BCUT2D eigenvalue weighted by atomic mass is 10.1.